The minimum Gasteiger partial charge on any atom is -0.493 e. The molecule has 0 heterocycles. The van der Waals surface area contributed by atoms with Crippen LogP contribution < -0.4 is 9.47 Å². The first-order valence-corrected chi connectivity index (χ1v) is 7.83. The van der Waals surface area contributed by atoms with E-state index in [-0.39, 0.29) is 35.7 Å². The second kappa shape index (κ2) is 10.1. The maximum Gasteiger partial charge on any atom is 0.383 e. The first kappa shape index (κ1) is 19.4. The average molecular weight is 366 g/mol. The topological polar surface area (TPSA) is 44.8 Å². The van der Waals surface area contributed by atoms with Gasteiger partial charge in [0.2, 0.25) is 0 Å². The van der Waals surface area contributed by atoms with Gasteiger partial charge in [-0.15, -0.1) is 0 Å². The number of carbonyl (C=O) groups excluding carboxylic acids is 1. The van der Waals surface area contributed by atoms with Crippen LogP contribution >= 0.6 is 0 Å². The molecule has 0 aliphatic carbocycles. The molecule has 138 valence electrons. The molecule has 0 spiro atoms. The molecule has 0 aromatic heterocycles. The molecule has 0 saturated carbocycles. The Morgan fingerprint density at radius 1 is 0.923 bits per heavy atom. The van der Waals surface area contributed by atoms with Crippen LogP contribution in [0.3, 0.4) is 0 Å². The normalized spacial score (nSPS) is 11.5. The van der Waals surface area contributed by atoms with E-state index in [9.17, 15) is 18.1 Å². The van der Waals surface area contributed by atoms with Crippen LogP contribution in [-0.2, 0) is 9.74 Å². The highest BCUT2D eigenvalue weighted by atomic mass is 19.3. The molecule has 4 nitrogen and oxygen atoms in total. The average Bonchev–Trinajstić information content (AvgIpc) is 2.69. The first-order valence-electron chi connectivity index (χ1n) is 7.83. The van der Waals surface area contributed by atoms with Crippen molar-refractivity contribution >= 4 is 11.5 Å². The van der Waals surface area contributed by atoms with Crippen molar-refractivity contribution in [3.8, 4) is 11.5 Å². The molecule has 0 aliphatic rings. The Bertz CT molecular complexity index is 730. The van der Waals surface area contributed by atoms with Crippen molar-refractivity contribution in [2.24, 2.45) is 0 Å². The van der Waals surface area contributed by atoms with E-state index in [1.54, 1.807) is 30.3 Å². The zero-order valence-corrected chi connectivity index (χ0v) is 13.8. The number of allylic oxidation sites excluding steroid dienone is 1. The molecule has 0 fully saturated rings. The van der Waals surface area contributed by atoms with Gasteiger partial charge in [-0.1, -0.05) is 30.3 Å². The number of hydrogen-bond donors (Lipinski definition) is 0. The summed E-state index contributed by atoms with van der Waals surface area (Å²) < 4.78 is 48.7. The van der Waals surface area contributed by atoms with Gasteiger partial charge in [-0.05, 0) is 29.8 Å². The van der Waals surface area contributed by atoms with E-state index in [0.29, 0.717) is 5.75 Å². The monoisotopic (exact) mass is 366 g/mol. The van der Waals surface area contributed by atoms with Crippen molar-refractivity contribution in [3.63, 3.8) is 0 Å². The molecule has 0 radical (unpaired) electrons. The van der Waals surface area contributed by atoms with Crippen LogP contribution in [0.5, 0.6) is 11.5 Å². The third kappa shape index (κ3) is 5.27. The molecule has 0 N–H and O–H groups in total. The zero-order chi connectivity index (χ0) is 18.8. The second-order valence-electron chi connectivity index (χ2n) is 5.13. The molecule has 2 rings (SSSR count). The number of benzene rings is 2. The maximum absolute atomic E-state index is 13.5. The Labute approximate surface area is 148 Å². The Hall–Kier alpha value is -2.96. The van der Waals surface area contributed by atoms with E-state index in [4.69, 9.17) is 9.47 Å². The van der Waals surface area contributed by atoms with Gasteiger partial charge in [0.1, 0.15) is 23.7 Å². The van der Waals surface area contributed by atoms with E-state index in [0.717, 1.165) is 0 Å². The number of ether oxygens (including phenoxy) is 2. The SMILES string of the molecule is O=C(OF)C(=C(CF)Oc1ccc(OCCCF)cc1)c1ccccc1. The fourth-order valence-electron chi connectivity index (χ4n) is 2.17. The molecule has 2 aromatic rings. The number of rotatable bonds is 9. The summed E-state index contributed by atoms with van der Waals surface area (Å²) in [5.74, 6) is -1.03. The van der Waals surface area contributed by atoms with E-state index < -0.39 is 19.3 Å². The Morgan fingerprint density at radius 2 is 1.58 bits per heavy atom. The van der Waals surface area contributed by atoms with Gasteiger partial charge in [0.05, 0.1) is 13.3 Å². The summed E-state index contributed by atoms with van der Waals surface area (Å²) in [5, 5.41) is 0. The van der Waals surface area contributed by atoms with Crippen LogP contribution in [0.15, 0.2) is 60.4 Å². The van der Waals surface area contributed by atoms with Gasteiger partial charge >= 0.3 is 5.97 Å². The largest absolute Gasteiger partial charge is 0.493 e. The third-order valence-corrected chi connectivity index (χ3v) is 3.35. The van der Waals surface area contributed by atoms with Crippen molar-refractivity contribution in [2.45, 2.75) is 6.42 Å². The first-order chi connectivity index (χ1) is 12.7. The van der Waals surface area contributed by atoms with Gasteiger partial charge in [0.15, 0.2) is 5.76 Å². The van der Waals surface area contributed by atoms with E-state index in [1.165, 1.54) is 24.3 Å². The maximum atomic E-state index is 13.5. The molecule has 0 atom stereocenters. The lowest BCUT2D eigenvalue weighted by Gasteiger charge is -2.12. The molecule has 0 unspecified atom stereocenters. The minimum atomic E-state index is -1.35. The van der Waals surface area contributed by atoms with Crippen LogP contribution in [0.1, 0.15) is 12.0 Å². The quantitative estimate of drug-likeness (QED) is 0.369. The summed E-state index contributed by atoms with van der Waals surface area (Å²) in [5.41, 5.74) is -0.0900. The lowest BCUT2D eigenvalue weighted by atomic mass is 10.1. The molecular formula is C19H17F3O4. The predicted octanol–water partition coefficient (Wildman–Crippen LogP) is 4.61. The van der Waals surface area contributed by atoms with Crippen LogP contribution in [0.2, 0.25) is 0 Å². The van der Waals surface area contributed by atoms with Crippen LogP contribution in [-0.4, -0.2) is 25.9 Å². The Kier molecular flexibility index (Phi) is 7.54. The van der Waals surface area contributed by atoms with Gasteiger partial charge in [-0.25, -0.2) is 14.1 Å². The standard InChI is InChI=1S/C19H17F3O4/c20-11-4-12-24-15-7-9-16(10-8-15)25-17(13-21)18(19(23)26-22)14-5-2-1-3-6-14/h1-3,5-10H,4,11-13H2. The predicted molar refractivity (Wildman–Crippen MR) is 89.7 cm³/mol. The minimum absolute atomic E-state index is 0.218. The van der Waals surface area contributed by atoms with Gasteiger partial charge < -0.3 is 9.47 Å². The summed E-state index contributed by atoms with van der Waals surface area (Å²) in [6.07, 6.45) is 0.277. The zero-order valence-electron chi connectivity index (χ0n) is 13.8. The highest BCUT2D eigenvalue weighted by Gasteiger charge is 2.22. The van der Waals surface area contributed by atoms with Gasteiger partial charge in [0.25, 0.3) is 0 Å². The summed E-state index contributed by atoms with van der Waals surface area (Å²) >= 11 is 0. The Balaban J connectivity index is 2.24. The molecule has 0 aliphatic heterocycles. The van der Waals surface area contributed by atoms with Crippen LogP contribution in [0.25, 0.3) is 5.57 Å². The summed E-state index contributed by atoms with van der Waals surface area (Å²) in [7, 11) is 0. The lowest BCUT2D eigenvalue weighted by Crippen LogP contribution is -2.11. The number of carbonyl (C=O) groups is 1. The van der Waals surface area contributed by atoms with E-state index in [2.05, 4.69) is 4.94 Å². The van der Waals surface area contributed by atoms with Crippen molar-refractivity contribution in [2.75, 3.05) is 20.0 Å². The number of alkyl halides is 2. The number of hydrogen-bond acceptors (Lipinski definition) is 4. The molecule has 7 heteroatoms. The fourth-order valence-corrected chi connectivity index (χ4v) is 2.17. The fraction of sp³-hybridized carbons (Fsp3) is 0.211. The molecule has 2 aromatic carbocycles. The van der Waals surface area contributed by atoms with Crippen molar-refractivity contribution < 1.29 is 32.5 Å². The lowest BCUT2D eigenvalue weighted by molar-refractivity contribution is -0.175. The van der Waals surface area contributed by atoms with E-state index >= 15 is 0 Å². The third-order valence-electron chi connectivity index (χ3n) is 3.35. The van der Waals surface area contributed by atoms with Crippen molar-refractivity contribution in [1.82, 2.24) is 0 Å². The van der Waals surface area contributed by atoms with Crippen molar-refractivity contribution in [1.29, 1.82) is 0 Å². The van der Waals surface area contributed by atoms with Crippen molar-refractivity contribution in [3.05, 3.63) is 65.9 Å². The highest BCUT2D eigenvalue weighted by molar-refractivity contribution is 6.17. The molecule has 0 amide bonds. The summed E-state index contributed by atoms with van der Waals surface area (Å²) in [4.78, 5) is 15.0. The van der Waals surface area contributed by atoms with Gasteiger partial charge in [-0.2, -0.15) is 0 Å². The molecular weight excluding hydrogens is 349 g/mol. The molecule has 0 bridgehead atoms. The van der Waals surface area contributed by atoms with Crippen LogP contribution in [0.4, 0.5) is 13.3 Å². The second-order valence-corrected chi connectivity index (χ2v) is 5.13. The highest BCUT2D eigenvalue weighted by Crippen LogP contribution is 2.26. The van der Waals surface area contributed by atoms with Gasteiger partial charge in [0, 0.05) is 10.9 Å². The Morgan fingerprint density at radius 3 is 2.15 bits per heavy atom. The summed E-state index contributed by atoms with van der Waals surface area (Å²) in [6, 6.07) is 14.0. The van der Waals surface area contributed by atoms with E-state index in [1.807, 2.05) is 0 Å². The summed E-state index contributed by atoms with van der Waals surface area (Å²) in [6.45, 7) is -1.39. The smallest absolute Gasteiger partial charge is 0.383 e. The number of halogens is 3. The van der Waals surface area contributed by atoms with Gasteiger partial charge in [-0.3, -0.25) is 4.39 Å². The molecule has 0 saturated heterocycles. The molecule has 26 heavy (non-hydrogen) atoms. The van der Waals surface area contributed by atoms with Crippen LogP contribution in [0, 0.1) is 0 Å².